The molecule has 1 unspecified atom stereocenters. The van der Waals surface area contributed by atoms with Crippen LogP contribution in [0.25, 0.3) is 10.9 Å². The van der Waals surface area contributed by atoms with Crippen LogP contribution in [0.4, 0.5) is 15.8 Å². The third-order valence-corrected chi connectivity index (χ3v) is 7.96. The predicted octanol–water partition coefficient (Wildman–Crippen LogP) is 5.35. The van der Waals surface area contributed by atoms with Crippen molar-refractivity contribution in [2.45, 2.75) is 49.7 Å². The summed E-state index contributed by atoms with van der Waals surface area (Å²) in [4.78, 5) is 4.47. The number of rotatable bonds is 7. The average molecular weight is 503 g/mol. The van der Waals surface area contributed by atoms with Crippen LogP contribution < -0.4 is 21.6 Å². The summed E-state index contributed by atoms with van der Waals surface area (Å²) in [6.45, 7) is 0. The molecule has 9 heteroatoms. The summed E-state index contributed by atoms with van der Waals surface area (Å²) in [7, 11) is 0. The molecule has 5 aliphatic rings. The first-order valence-electron chi connectivity index (χ1n) is 12.7. The zero-order valence-electron chi connectivity index (χ0n) is 20.4. The average Bonchev–Trinajstić information content (AvgIpc) is 3.56. The number of nitrogens with one attached hydrogen (secondary N) is 4. The van der Waals surface area contributed by atoms with Crippen LogP contribution >= 0.6 is 11.6 Å². The van der Waals surface area contributed by atoms with Gasteiger partial charge in [0.05, 0.1) is 34.9 Å². The van der Waals surface area contributed by atoms with Crippen molar-refractivity contribution < 1.29 is 5.76 Å². The SMILES string of the molecule is [2H]C(Nc1cc(Cl)c2ncc(C#N)c(NC34CC(C3)C4)c2c1)(C1=CN(C2CC2)NN1)c1ccc(F)cc1. The molecule has 7 nitrogen and oxygen atoms in total. The maximum absolute atomic E-state index is 13.8. The first-order valence-corrected chi connectivity index (χ1v) is 12.6. The molecule has 36 heavy (non-hydrogen) atoms. The minimum atomic E-state index is -1.48. The second-order valence-corrected chi connectivity index (χ2v) is 10.7. The molecule has 1 atom stereocenters. The number of nitriles is 1. The van der Waals surface area contributed by atoms with E-state index in [1.807, 2.05) is 17.3 Å². The maximum atomic E-state index is 13.8. The first-order chi connectivity index (χ1) is 17.9. The second-order valence-electron chi connectivity index (χ2n) is 10.3. The summed E-state index contributed by atoms with van der Waals surface area (Å²) >= 11 is 6.71. The molecule has 4 N–H and O–H groups in total. The van der Waals surface area contributed by atoms with Crippen molar-refractivity contribution >= 4 is 33.9 Å². The summed E-state index contributed by atoms with van der Waals surface area (Å²) < 4.78 is 23.3. The number of aromatic nitrogens is 1. The van der Waals surface area contributed by atoms with Crippen molar-refractivity contribution in [3.63, 3.8) is 0 Å². The molecule has 0 amide bonds. The highest BCUT2D eigenvalue weighted by molar-refractivity contribution is 6.35. The van der Waals surface area contributed by atoms with Crippen LogP contribution in [0.15, 0.2) is 54.5 Å². The van der Waals surface area contributed by atoms with Crippen LogP contribution in [0, 0.1) is 23.1 Å². The topological polar surface area (TPSA) is 88.0 Å². The highest BCUT2D eigenvalue weighted by Crippen LogP contribution is 2.59. The third-order valence-electron chi connectivity index (χ3n) is 7.67. The molecule has 2 bridgehead atoms. The Balaban J connectivity index is 1.32. The molecule has 0 radical (unpaired) electrons. The van der Waals surface area contributed by atoms with Gasteiger partial charge in [0, 0.05) is 35.1 Å². The number of hydrazine groups is 2. The Morgan fingerprint density at radius 1 is 1.25 bits per heavy atom. The summed E-state index contributed by atoms with van der Waals surface area (Å²) in [6, 6.07) is 10.7. The lowest BCUT2D eigenvalue weighted by atomic mass is 9.50. The number of fused-ring (bicyclic) bond motifs is 1. The van der Waals surface area contributed by atoms with Gasteiger partial charge in [0.2, 0.25) is 0 Å². The van der Waals surface area contributed by atoms with E-state index >= 15 is 0 Å². The molecule has 182 valence electrons. The van der Waals surface area contributed by atoms with Gasteiger partial charge in [-0.25, -0.2) is 4.39 Å². The van der Waals surface area contributed by atoms with Crippen molar-refractivity contribution in [2.75, 3.05) is 10.6 Å². The standard InChI is InChI=1S/C27H25ClFN7/c28-22-8-19(7-21-24(17(12-30)13-31-26(21)22)33-27-9-15(10-27)11-27)32-25(16-1-3-18(29)4-2-16)23-14-36(35-34-23)20-5-6-20/h1-4,7-8,13-15,20,25,32,34-35H,5-6,9-11H2,(H,31,33)/i25D. The molecule has 2 aromatic carbocycles. The summed E-state index contributed by atoms with van der Waals surface area (Å²) in [5.74, 6) is 0.410. The lowest BCUT2D eigenvalue weighted by Gasteiger charge is -2.62. The quantitative estimate of drug-likeness (QED) is 0.346. The van der Waals surface area contributed by atoms with E-state index in [1.165, 1.54) is 12.1 Å². The first kappa shape index (κ1) is 20.6. The fraction of sp³-hybridized carbons (Fsp3) is 0.333. The Labute approximate surface area is 214 Å². The van der Waals surface area contributed by atoms with Gasteiger partial charge in [-0.2, -0.15) is 5.26 Å². The molecule has 0 saturated heterocycles. The van der Waals surface area contributed by atoms with Gasteiger partial charge in [-0.15, -0.1) is 5.53 Å². The Morgan fingerprint density at radius 3 is 2.69 bits per heavy atom. The molecule has 2 heterocycles. The van der Waals surface area contributed by atoms with E-state index in [0.717, 1.165) is 49.1 Å². The van der Waals surface area contributed by atoms with Crippen LogP contribution in [0.1, 0.15) is 50.6 Å². The molecule has 0 spiro atoms. The number of nitrogens with zero attached hydrogens (tertiary/aromatic N) is 3. The van der Waals surface area contributed by atoms with Gasteiger partial charge >= 0.3 is 0 Å². The molecule has 1 aliphatic heterocycles. The number of pyridine rings is 1. The van der Waals surface area contributed by atoms with Gasteiger partial charge in [0.15, 0.2) is 0 Å². The Morgan fingerprint density at radius 2 is 2.03 bits per heavy atom. The number of anilines is 2. The van der Waals surface area contributed by atoms with Crippen LogP contribution in [0.3, 0.4) is 0 Å². The zero-order valence-corrected chi connectivity index (χ0v) is 20.2. The molecular formula is C27H25ClFN7. The van der Waals surface area contributed by atoms with Crippen molar-refractivity contribution in [2.24, 2.45) is 5.92 Å². The smallest absolute Gasteiger partial charge is 0.123 e. The molecule has 4 aliphatic carbocycles. The van der Waals surface area contributed by atoms with Crippen molar-refractivity contribution in [3.05, 3.63) is 76.5 Å². The highest BCUT2D eigenvalue weighted by Gasteiger charge is 2.56. The Kier molecular flexibility index (Phi) is 4.58. The molecule has 4 saturated carbocycles. The van der Waals surface area contributed by atoms with Crippen LogP contribution in [0.5, 0.6) is 0 Å². The summed E-state index contributed by atoms with van der Waals surface area (Å²) in [6.07, 6.45) is 8.94. The summed E-state index contributed by atoms with van der Waals surface area (Å²) in [5.41, 5.74) is 9.79. The van der Waals surface area contributed by atoms with Crippen molar-refractivity contribution in [1.82, 2.24) is 21.0 Å². The second kappa shape index (κ2) is 7.99. The third kappa shape index (κ3) is 3.62. The van der Waals surface area contributed by atoms with Crippen molar-refractivity contribution in [3.8, 4) is 6.07 Å². The lowest BCUT2D eigenvalue weighted by Crippen LogP contribution is -2.63. The van der Waals surface area contributed by atoms with E-state index in [-0.39, 0.29) is 11.4 Å². The van der Waals surface area contributed by atoms with E-state index in [4.69, 9.17) is 11.6 Å². The van der Waals surface area contributed by atoms with E-state index < -0.39 is 6.02 Å². The van der Waals surface area contributed by atoms with Crippen LogP contribution in [-0.2, 0) is 0 Å². The van der Waals surface area contributed by atoms with Gasteiger partial charge in [-0.3, -0.25) is 9.99 Å². The van der Waals surface area contributed by atoms with Gasteiger partial charge in [0.25, 0.3) is 0 Å². The number of benzene rings is 2. The van der Waals surface area contributed by atoms with E-state index in [9.17, 15) is 11.0 Å². The van der Waals surface area contributed by atoms with Gasteiger partial charge in [0.1, 0.15) is 11.9 Å². The molecule has 4 fully saturated rings. The normalized spacial score (nSPS) is 26.0. The highest BCUT2D eigenvalue weighted by atomic mass is 35.5. The van der Waals surface area contributed by atoms with Gasteiger partial charge < -0.3 is 16.1 Å². The van der Waals surface area contributed by atoms with Crippen LogP contribution in [-0.4, -0.2) is 21.6 Å². The van der Waals surface area contributed by atoms with E-state index in [2.05, 4.69) is 32.6 Å². The minimum absolute atomic E-state index is 0.0459. The Hall–Kier alpha value is -3.54. The maximum Gasteiger partial charge on any atom is 0.123 e. The number of halogens is 2. The predicted molar refractivity (Wildman–Crippen MR) is 137 cm³/mol. The van der Waals surface area contributed by atoms with E-state index in [0.29, 0.717) is 39.1 Å². The van der Waals surface area contributed by atoms with Gasteiger partial charge in [-0.05, 0) is 67.9 Å². The molecule has 1 aromatic heterocycles. The molecule has 8 rings (SSSR count). The summed E-state index contributed by atoms with van der Waals surface area (Å²) in [5, 5.41) is 19.9. The van der Waals surface area contributed by atoms with Gasteiger partial charge in [-0.1, -0.05) is 23.7 Å². The monoisotopic (exact) mass is 502 g/mol. The number of hydrogen-bond donors (Lipinski definition) is 4. The Bertz CT molecular complexity index is 1480. The number of hydrogen-bond acceptors (Lipinski definition) is 7. The molecular weight excluding hydrogens is 477 g/mol. The van der Waals surface area contributed by atoms with Crippen LogP contribution in [0.2, 0.25) is 5.02 Å². The fourth-order valence-electron chi connectivity index (χ4n) is 5.51. The lowest BCUT2D eigenvalue weighted by molar-refractivity contribution is 0.00222. The largest absolute Gasteiger partial charge is 0.378 e. The van der Waals surface area contributed by atoms with Crippen molar-refractivity contribution in [1.29, 1.82) is 5.26 Å². The molecule has 3 aromatic rings. The minimum Gasteiger partial charge on any atom is -0.378 e. The van der Waals surface area contributed by atoms with E-state index in [1.54, 1.807) is 24.4 Å². The zero-order chi connectivity index (χ0) is 25.4. The fourth-order valence-corrected chi connectivity index (χ4v) is 5.78.